The Balaban J connectivity index is 1.64. The van der Waals surface area contributed by atoms with Gasteiger partial charge in [-0.25, -0.2) is 0 Å². The van der Waals surface area contributed by atoms with Crippen molar-refractivity contribution in [3.63, 3.8) is 0 Å². The number of rotatable bonds is 4. The molecule has 124 valence electrons. The average molecular weight is 326 g/mol. The summed E-state index contributed by atoms with van der Waals surface area (Å²) in [5.41, 5.74) is 2.07. The fraction of sp³-hybridized carbons (Fsp3) is 0.222. The Hall–Kier alpha value is -3.02. The quantitative estimate of drug-likeness (QED) is 0.803. The minimum absolute atomic E-state index is 0.0463. The maximum atomic E-state index is 12.4. The van der Waals surface area contributed by atoms with E-state index >= 15 is 0 Å². The standard InChI is InChI=1S/C18H18N2O4/c1-11(8-12-2-5-14(21)6-3-12)19-18(23)13-4-7-15-16(9-13)24-10-17(22)20-15/h2-7,9,11,21H,8,10H2,1H3,(H,19,23)(H,20,22). The van der Waals surface area contributed by atoms with Gasteiger partial charge in [-0.2, -0.15) is 0 Å². The van der Waals surface area contributed by atoms with Gasteiger partial charge < -0.3 is 20.5 Å². The van der Waals surface area contributed by atoms with Crippen LogP contribution in [-0.2, 0) is 11.2 Å². The van der Waals surface area contributed by atoms with Crippen molar-refractivity contribution in [3.05, 3.63) is 53.6 Å². The van der Waals surface area contributed by atoms with Gasteiger partial charge in [0.05, 0.1) is 5.69 Å². The molecular formula is C18H18N2O4. The highest BCUT2D eigenvalue weighted by Crippen LogP contribution is 2.28. The lowest BCUT2D eigenvalue weighted by Gasteiger charge is -2.19. The van der Waals surface area contributed by atoms with Crippen molar-refractivity contribution in [1.29, 1.82) is 0 Å². The summed E-state index contributed by atoms with van der Waals surface area (Å²) in [5, 5.41) is 14.9. The third-order valence-corrected chi connectivity index (χ3v) is 3.73. The molecule has 6 nitrogen and oxygen atoms in total. The van der Waals surface area contributed by atoms with Crippen molar-refractivity contribution in [1.82, 2.24) is 5.32 Å². The zero-order chi connectivity index (χ0) is 17.1. The summed E-state index contributed by atoms with van der Waals surface area (Å²) < 4.78 is 5.32. The molecule has 2 amide bonds. The molecule has 0 aromatic heterocycles. The highest BCUT2D eigenvalue weighted by molar-refractivity contribution is 5.99. The average Bonchev–Trinajstić information content (AvgIpc) is 2.56. The summed E-state index contributed by atoms with van der Waals surface area (Å²) in [5.74, 6) is 0.303. The van der Waals surface area contributed by atoms with Gasteiger partial charge in [0.15, 0.2) is 6.61 Å². The minimum Gasteiger partial charge on any atom is -0.508 e. The Morgan fingerprint density at radius 2 is 2.04 bits per heavy atom. The number of ether oxygens (including phenoxy) is 1. The number of nitrogens with one attached hydrogen (secondary N) is 2. The molecule has 2 aromatic rings. The molecule has 1 aliphatic rings. The number of carbonyl (C=O) groups excluding carboxylic acids is 2. The van der Waals surface area contributed by atoms with Crippen molar-refractivity contribution in [3.8, 4) is 11.5 Å². The van der Waals surface area contributed by atoms with Gasteiger partial charge >= 0.3 is 0 Å². The van der Waals surface area contributed by atoms with Crippen LogP contribution >= 0.6 is 0 Å². The molecule has 3 rings (SSSR count). The Bertz CT molecular complexity index is 771. The van der Waals surface area contributed by atoms with E-state index in [4.69, 9.17) is 4.74 Å². The lowest BCUT2D eigenvalue weighted by Crippen LogP contribution is -2.34. The lowest BCUT2D eigenvalue weighted by molar-refractivity contribution is -0.118. The molecule has 0 aliphatic carbocycles. The summed E-state index contributed by atoms with van der Waals surface area (Å²) in [4.78, 5) is 23.6. The number of phenolic OH excluding ortho intramolecular Hbond substituents is 1. The van der Waals surface area contributed by atoms with Crippen LogP contribution in [0.4, 0.5) is 5.69 Å². The van der Waals surface area contributed by atoms with Crippen LogP contribution in [0.2, 0.25) is 0 Å². The van der Waals surface area contributed by atoms with Crippen molar-refractivity contribution in [2.75, 3.05) is 11.9 Å². The Morgan fingerprint density at radius 1 is 1.29 bits per heavy atom. The van der Waals surface area contributed by atoms with Crippen LogP contribution in [0.25, 0.3) is 0 Å². The molecule has 0 bridgehead atoms. The molecular weight excluding hydrogens is 308 g/mol. The maximum absolute atomic E-state index is 12.4. The van der Waals surface area contributed by atoms with Crippen LogP contribution in [0.3, 0.4) is 0 Å². The summed E-state index contributed by atoms with van der Waals surface area (Å²) >= 11 is 0. The van der Waals surface area contributed by atoms with E-state index in [9.17, 15) is 14.7 Å². The molecule has 3 N–H and O–H groups in total. The van der Waals surface area contributed by atoms with Crippen LogP contribution in [0.5, 0.6) is 11.5 Å². The second-order valence-electron chi connectivity index (χ2n) is 5.79. The van der Waals surface area contributed by atoms with E-state index in [-0.39, 0.29) is 30.2 Å². The smallest absolute Gasteiger partial charge is 0.262 e. The van der Waals surface area contributed by atoms with E-state index in [2.05, 4.69) is 10.6 Å². The van der Waals surface area contributed by atoms with Crippen molar-refractivity contribution in [2.24, 2.45) is 0 Å². The summed E-state index contributed by atoms with van der Waals surface area (Å²) in [6, 6.07) is 11.8. The molecule has 1 unspecified atom stereocenters. The molecule has 0 fully saturated rings. The number of amides is 2. The Morgan fingerprint density at radius 3 is 2.79 bits per heavy atom. The fourth-order valence-corrected chi connectivity index (χ4v) is 2.56. The molecule has 1 heterocycles. The number of aromatic hydroxyl groups is 1. The fourth-order valence-electron chi connectivity index (χ4n) is 2.56. The molecule has 0 radical (unpaired) electrons. The molecule has 24 heavy (non-hydrogen) atoms. The first-order valence-corrected chi connectivity index (χ1v) is 7.67. The van der Waals surface area contributed by atoms with Gasteiger partial charge in [0.25, 0.3) is 11.8 Å². The molecule has 0 saturated carbocycles. The topological polar surface area (TPSA) is 87.7 Å². The largest absolute Gasteiger partial charge is 0.508 e. The van der Waals surface area contributed by atoms with Gasteiger partial charge in [-0.05, 0) is 49.2 Å². The predicted molar refractivity (Wildman–Crippen MR) is 89.3 cm³/mol. The van der Waals surface area contributed by atoms with E-state index in [1.165, 1.54) is 0 Å². The van der Waals surface area contributed by atoms with Crippen LogP contribution in [0, 0.1) is 0 Å². The van der Waals surface area contributed by atoms with Crippen LogP contribution < -0.4 is 15.4 Å². The van der Waals surface area contributed by atoms with Gasteiger partial charge in [0.2, 0.25) is 0 Å². The summed E-state index contributed by atoms with van der Waals surface area (Å²) in [6.07, 6.45) is 0.656. The number of carbonyl (C=O) groups is 2. The molecule has 6 heteroatoms. The minimum atomic E-state index is -0.206. The van der Waals surface area contributed by atoms with Crippen molar-refractivity contribution >= 4 is 17.5 Å². The number of anilines is 1. The van der Waals surface area contributed by atoms with E-state index < -0.39 is 0 Å². The Labute approximate surface area is 139 Å². The SMILES string of the molecule is CC(Cc1ccc(O)cc1)NC(=O)c1ccc2c(c1)OCC(=O)N2. The van der Waals surface area contributed by atoms with Crippen LogP contribution in [0.15, 0.2) is 42.5 Å². The normalized spacial score (nSPS) is 14.1. The zero-order valence-electron chi connectivity index (χ0n) is 13.2. The van der Waals surface area contributed by atoms with E-state index in [1.54, 1.807) is 30.3 Å². The third-order valence-electron chi connectivity index (χ3n) is 3.73. The number of phenols is 1. The number of hydrogen-bond donors (Lipinski definition) is 3. The van der Waals surface area contributed by atoms with Crippen LogP contribution in [-0.4, -0.2) is 29.6 Å². The third kappa shape index (κ3) is 3.65. The molecule has 2 aromatic carbocycles. The highest BCUT2D eigenvalue weighted by Gasteiger charge is 2.18. The second-order valence-corrected chi connectivity index (χ2v) is 5.79. The molecule has 0 spiro atoms. The number of hydrogen-bond acceptors (Lipinski definition) is 4. The summed E-state index contributed by atoms with van der Waals surface area (Å²) in [6.45, 7) is 1.87. The first-order chi connectivity index (χ1) is 11.5. The monoisotopic (exact) mass is 326 g/mol. The number of fused-ring (bicyclic) bond motifs is 1. The molecule has 1 aliphatic heterocycles. The Kier molecular flexibility index (Phi) is 4.37. The van der Waals surface area contributed by atoms with E-state index in [1.807, 2.05) is 19.1 Å². The summed E-state index contributed by atoms with van der Waals surface area (Å²) in [7, 11) is 0. The number of benzene rings is 2. The van der Waals surface area contributed by atoms with Gasteiger partial charge in [0.1, 0.15) is 11.5 Å². The second kappa shape index (κ2) is 6.62. The van der Waals surface area contributed by atoms with Crippen molar-refractivity contribution in [2.45, 2.75) is 19.4 Å². The highest BCUT2D eigenvalue weighted by atomic mass is 16.5. The van der Waals surface area contributed by atoms with Crippen LogP contribution in [0.1, 0.15) is 22.8 Å². The van der Waals surface area contributed by atoms with Gasteiger partial charge in [-0.3, -0.25) is 9.59 Å². The first kappa shape index (κ1) is 15.9. The van der Waals surface area contributed by atoms with E-state index in [0.717, 1.165) is 5.56 Å². The van der Waals surface area contributed by atoms with Gasteiger partial charge in [-0.1, -0.05) is 12.1 Å². The van der Waals surface area contributed by atoms with Gasteiger partial charge in [-0.15, -0.1) is 0 Å². The zero-order valence-corrected chi connectivity index (χ0v) is 13.2. The molecule has 1 atom stereocenters. The maximum Gasteiger partial charge on any atom is 0.262 e. The van der Waals surface area contributed by atoms with Crippen molar-refractivity contribution < 1.29 is 19.4 Å². The van der Waals surface area contributed by atoms with Gasteiger partial charge in [0, 0.05) is 11.6 Å². The molecule has 0 saturated heterocycles. The van der Waals surface area contributed by atoms with E-state index in [0.29, 0.717) is 23.4 Å². The first-order valence-electron chi connectivity index (χ1n) is 7.67. The lowest BCUT2D eigenvalue weighted by atomic mass is 10.1. The predicted octanol–water partition coefficient (Wildman–Crippen LogP) is 2.08.